The predicted molar refractivity (Wildman–Crippen MR) is 197 cm³/mol. The number of para-hydroxylation sites is 2. The third-order valence-corrected chi connectivity index (χ3v) is 10.6. The first-order valence-corrected chi connectivity index (χ1v) is 16.5. The highest BCUT2D eigenvalue weighted by atomic mass is 32.1. The van der Waals surface area contributed by atoms with E-state index in [0.717, 1.165) is 49.8 Å². The molecule has 0 fully saturated rings. The number of hydrogen-bond acceptors (Lipinski definition) is 3. The summed E-state index contributed by atoms with van der Waals surface area (Å²) < 4.78 is 11.7. The Labute approximate surface area is 273 Å². The van der Waals surface area contributed by atoms with Crippen molar-refractivity contribution in [2.75, 3.05) is 0 Å². The second-order valence-electron chi connectivity index (χ2n) is 12.0. The van der Waals surface area contributed by atoms with E-state index in [4.69, 9.17) is 4.42 Å². The summed E-state index contributed by atoms with van der Waals surface area (Å²) in [6, 6.07) is 53.7. The first kappa shape index (κ1) is 26.1. The summed E-state index contributed by atoms with van der Waals surface area (Å²) in [6.07, 6.45) is 0. The molecule has 3 aromatic heterocycles. The van der Waals surface area contributed by atoms with E-state index in [9.17, 15) is 5.26 Å². The number of rotatable bonds is 3. The average molecular weight is 617 g/mol. The van der Waals surface area contributed by atoms with Crippen molar-refractivity contribution in [1.29, 1.82) is 5.26 Å². The molecule has 218 valence electrons. The molecule has 0 aliphatic rings. The van der Waals surface area contributed by atoms with E-state index >= 15 is 0 Å². The Balaban J connectivity index is 1.28. The lowest BCUT2D eigenvalue weighted by Gasteiger charge is -2.10. The molecule has 0 aliphatic heterocycles. The van der Waals surface area contributed by atoms with Crippen molar-refractivity contribution in [1.82, 2.24) is 4.57 Å². The molecule has 3 heterocycles. The second-order valence-corrected chi connectivity index (χ2v) is 13.1. The molecule has 0 N–H and O–H groups in total. The van der Waals surface area contributed by atoms with Crippen LogP contribution in [0.1, 0.15) is 5.56 Å². The van der Waals surface area contributed by atoms with Crippen molar-refractivity contribution < 1.29 is 4.42 Å². The summed E-state index contributed by atoms with van der Waals surface area (Å²) in [5, 5.41) is 17.0. The van der Waals surface area contributed by atoms with Crippen molar-refractivity contribution in [2.45, 2.75) is 0 Å². The number of benzene rings is 7. The summed E-state index contributed by atoms with van der Waals surface area (Å²) in [6.45, 7) is 0. The molecular formula is C43H24N2OS. The van der Waals surface area contributed by atoms with Gasteiger partial charge in [0.2, 0.25) is 0 Å². The van der Waals surface area contributed by atoms with Gasteiger partial charge in [0.25, 0.3) is 0 Å². The Morgan fingerprint density at radius 3 is 2.15 bits per heavy atom. The van der Waals surface area contributed by atoms with Crippen LogP contribution in [0, 0.1) is 11.3 Å². The van der Waals surface area contributed by atoms with Crippen LogP contribution in [0.2, 0.25) is 0 Å². The maximum Gasteiger partial charge on any atom is 0.159 e. The lowest BCUT2D eigenvalue weighted by atomic mass is 9.96. The minimum Gasteiger partial charge on any atom is -0.452 e. The zero-order valence-corrected chi connectivity index (χ0v) is 25.9. The molecule has 0 aliphatic carbocycles. The van der Waals surface area contributed by atoms with Gasteiger partial charge in [0, 0.05) is 41.7 Å². The quantitative estimate of drug-likeness (QED) is 0.198. The van der Waals surface area contributed by atoms with Crippen LogP contribution in [0.5, 0.6) is 0 Å². The van der Waals surface area contributed by atoms with Gasteiger partial charge in [0.05, 0.1) is 22.3 Å². The number of nitrogens with zero attached hydrogens (tertiary/aromatic N) is 2. The van der Waals surface area contributed by atoms with Gasteiger partial charge in [-0.05, 0) is 64.7 Å². The summed E-state index contributed by atoms with van der Waals surface area (Å²) in [7, 11) is 0. The topological polar surface area (TPSA) is 41.9 Å². The third kappa shape index (κ3) is 3.78. The fraction of sp³-hybridized carbons (Fsp3) is 0. The molecule has 7 aromatic carbocycles. The standard InChI is InChI=1S/C43H24N2OS/c44-25-29-18-20-30(28-19-22-40-35(23-28)33-12-5-7-16-39(33)47-40)41-34-13-8-15-37(43(34)46-42(29)41)45-36-14-6-4-11-31(36)32-21-17-27(24-38(32)45)26-9-2-1-3-10-26/h1-24H. The van der Waals surface area contributed by atoms with Crippen LogP contribution in [-0.4, -0.2) is 4.57 Å². The Morgan fingerprint density at radius 2 is 1.26 bits per heavy atom. The molecule has 0 atom stereocenters. The molecule has 4 heteroatoms. The molecule has 10 rings (SSSR count). The van der Waals surface area contributed by atoms with Crippen molar-refractivity contribution in [3.63, 3.8) is 0 Å². The van der Waals surface area contributed by atoms with Crippen LogP contribution in [0.4, 0.5) is 0 Å². The molecule has 0 amide bonds. The molecule has 0 saturated heterocycles. The van der Waals surface area contributed by atoms with E-state index < -0.39 is 0 Å². The fourth-order valence-electron chi connectivity index (χ4n) is 7.33. The highest BCUT2D eigenvalue weighted by Crippen LogP contribution is 2.44. The van der Waals surface area contributed by atoms with E-state index in [1.165, 1.54) is 36.5 Å². The molecule has 47 heavy (non-hydrogen) atoms. The van der Waals surface area contributed by atoms with Gasteiger partial charge >= 0.3 is 0 Å². The van der Waals surface area contributed by atoms with Crippen molar-refractivity contribution in [2.24, 2.45) is 0 Å². The maximum atomic E-state index is 10.2. The zero-order valence-electron chi connectivity index (χ0n) is 25.1. The summed E-state index contributed by atoms with van der Waals surface area (Å²) in [5.74, 6) is 0. The highest BCUT2D eigenvalue weighted by Gasteiger charge is 2.22. The Kier molecular flexibility index (Phi) is 5.51. The van der Waals surface area contributed by atoms with E-state index in [1.807, 2.05) is 23.5 Å². The highest BCUT2D eigenvalue weighted by molar-refractivity contribution is 7.25. The SMILES string of the molecule is N#Cc1ccc(-c2ccc3sc4ccccc4c3c2)c2c1oc1c(-n3c4ccccc4c4ccc(-c5ccccc5)cc43)cccc12. The smallest absolute Gasteiger partial charge is 0.159 e. The minimum atomic E-state index is 0.529. The lowest BCUT2D eigenvalue weighted by molar-refractivity contribution is 0.665. The van der Waals surface area contributed by atoms with Gasteiger partial charge in [-0.2, -0.15) is 5.26 Å². The minimum absolute atomic E-state index is 0.529. The number of aromatic nitrogens is 1. The molecular weight excluding hydrogens is 593 g/mol. The van der Waals surface area contributed by atoms with Crippen LogP contribution in [-0.2, 0) is 0 Å². The van der Waals surface area contributed by atoms with E-state index in [1.54, 1.807) is 0 Å². The Morgan fingerprint density at radius 1 is 0.511 bits per heavy atom. The number of thiophene rings is 1. The summed E-state index contributed by atoms with van der Waals surface area (Å²) in [4.78, 5) is 0. The van der Waals surface area contributed by atoms with Crippen LogP contribution in [0.25, 0.3) is 91.9 Å². The van der Waals surface area contributed by atoms with Gasteiger partial charge in [0.15, 0.2) is 11.2 Å². The van der Waals surface area contributed by atoms with Crippen LogP contribution in [0.3, 0.4) is 0 Å². The monoisotopic (exact) mass is 616 g/mol. The molecule has 10 aromatic rings. The summed E-state index contributed by atoms with van der Waals surface area (Å²) >= 11 is 1.82. The molecule has 0 bridgehead atoms. The van der Waals surface area contributed by atoms with Crippen LogP contribution < -0.4 is 0 Å². The van der Waals surface area contributed by atoms with E-state index in [-0.39, 0.29) is 0 Å². The van der Waals surface area contributed by atoms with Gasteiger partial charge in [-0.15, -0.1) is 11.3 Å². The van der Waals surface area contributed by atoms with Crippen molar-refractivity contribution in [3.8, 4) is 34.0 Å². The maximum absolute atomic E-state index is 10.2. The lowest BCUT2D eigenvalue weighted by Crippen LogP contribution is -1.94. The van der Waals surface area contributed by atoms with Crippen LogP contribution >= 0.6 is 11.3 Å². The zero-order chi connectivity index (χ0) is 31.1. The van der Waals surface area contributed by atoms with Crippen molar-refractivity contribution >= 4 is 75.3 Å². The third-order valence-electron chi connectivity index (χ3n) is 9.46. The number of fused-ring (bicyclic) bond motifs is 9. The number of furan rings is 1. The first-order chi connectivity index (χ1) is 23.3. The van der Waals surface area contributed by atoms with Crippen molar-refractivity contribution in [3.05, 3.63) is 151 Å². The largest absolute Gasteiger partial charge is 0.452 e. The normalized spacial score (nSPS) is 11.8. The van der Waals surface area contributed by atoms with Gasteiger partial charge in [-0.25, -0.2) is 0 Å². The number of nitriles is 1. The molecule has 0 spiro atoms. The molecule has 3 nitrogen and oxygen atoms in total. The van der Waals surface area contributed by atoms with Gasteiger partial charge in [-0.3, -0.25) is 0 Å². The summed E-state index contributed by atoms with van der Waals surface area (Å²) in [5.41, 5.74) is 9.57. The fourth-order valence-corrected chi connectivity index (χ4v) is 8.41. The Bertz CT molecular complexity index is 2920. The molecule has 0 saturated carbocycles. The van der Waals surface area contributed by atoms with Gasteiger partial charge in [-0.1, -0.05) is 103 Å². The van der Waals surface area contributed by atoms with Gasteiger partial charge in [0.1, 0.15) is 6.07 Å². The Hall–Kier alpha value is -6.15. The first-order valence-electron chi connectivity index (χ1n) is 15.7. The molecule has 0 radical (unpaired) electrons. The van der Waals surface area contributed by atoms with Crippen LogP contribution in [0.15, 0.2) is 150 Å². The van der Waals surface area contributed by atoms with E-state index in [2.05, 4.69) is 144 Å². The second kappa shape index (κ2) is 9.92. The number of hydrogen-bond donors (Lipinski definition) is 0. The van der Waals surface area contributed by atoms with E-state index in [0.29, 0.717) is 11.1 Å². The average Bonchev–Trinajstić information content (AvgIpc) is 3.81. The van der Waals surface area contributed by atoms with Gasteiger partial charge < -0.3 is 8.98 Å². The molecule has 0 unspecified atom stereocenters. The predicted octanol–water partition coefficient (Wildman–Crippen LogP) is 12.3.